The molecule has 1 heterocycles. The van der Waals surface area contributed by atoms with Crippen LogP contribution in [0.2, 0.25) is 0 Å². The fourth-order valence-corrected chi connectivity index (χ4v) is 1.80. The standard InChI is InChI=1S/C10H9BrN2O/c1-2-9-12-8-4-3-6(14)5-7(8)10(11)13-9/h3-5,14H,2H2,1H3. The van der Waals surface area contributed by atoms with Gasteiger partial charge in [0.2, 0.25) is 0 Å². The minimum Gasteiger partial charge on any atom is -0.508 e. The Kier molecular flexibility index (Phi) is 2.37. The summed E-state index contributed by atoms with van der Waals surface area (Å²) in [5, 5.41) is 10.1. The molecule has 2 rings (SSSR count). The second-order valence-electron chi connectivity index (χ2n) is 2.99. The van der Waals surface area contributed by atoms with Crippen LogP contribution >= 0.6 is 15.9 Å². The third kappa shape index (κ3) is 1.57. The number of hydrogen-bond donors (Lipinski definition) is 1. The molecule has 0 aliphatic heterocycles. The number of nitrogens with zero attached hydrogens (tertiary/aromatic N) is 2. The van der Waals surface area contributed by atoms with Crippen LogP contribution in [-0.4, -0.2) is 15.1 Å². The number of aromatic nitrogens is 2. The lowest BCUT2D eigenvalue weighted by Crippen LogP contribution is -1.94. The van der Waals surface area contributed by atoms with Gasteiger partial charge >= 0.3 is 0 Å². The Bertz CT molecular complexity index is 485. The molecule has 1 aromatic carbocycles. The van der Waals surface area contributed by atoms with Crippen molar-refractivity contribution >= 4 is 26.8 Å². The van der Waals surface area contributed by atoms with Gasteiger partial charge in [-0.15, -0.1) is 0 Å². The number of benzene rings is 1. The van der Waals surface area contributed by atoms with E-state index in [0.717, 1.165) is 27.8 Å². The number of aryl methyl sites for hydroxylation is 1. The molecule has 0 saturated heterocycles. The van der Waals surface area contributed by atoms with E-state index in [9.17, 15) is 5.11 Å². The highest BCUT2D eigenvalue weighted by molar-refractivity contribution is 9.10. The van der Waals surface area contributed by atoms with Gasteiger partial charge in [0.05, 0.1) is 5.52 Å². The van der Waals surface area contributed by atoms with Gasteiger partial charge in [0.15, 0.2) is 0 Å². The van der Waals surface area contributed by atoms with Crippen LogP contribution in [-0.2, 0) is 6.42 Å². The molecule has 0 atom stereocenters. The lowest BCUT2D eigenvalue weighted by Gasteiger charge is -2.02. The van der Waals surface area contributed by atoms with E-state index in [-0.39, 0.29) is 5.75 Å². The van der Waals surface area contributed by atoms with E-state index in [2.05, 4.69) is 25.9 Å². The van der Waals surface area contributed by atoms with Crippen LogP contribution in [0.4, 0.5) is 0 Å². The topological polar surface area (TPSA) is 46.0 Å². The maximum atomic E-state index is 9.30. The van der Waals surface area contributed by atoms with E-state index in [4.69, 9.17) is 0 Å². The van der Waals surface area contributed by atoms with Gasteiger partial charge in [-0.05, 0) is 34.1 Å². The Morgan fingerprint density at radius 1 is 1.36 bits per heavy atom. The summed E-state index contributed by atoms with van der Waals surface area (Å²) in [4.78, 5) is 8.60. The lowest BCUT2D eigenvalue weighted by atomic mass is 10.2. The predicted molar refractivity (Wildman–Crippen MR) is 58.3 cm³/mol. The van der Waals surface area contributed by atoms with Crippen LogP contribution in [0.5, 0.6) is 5.75 Å². The molecule has 0 unspecified atom stereocenters. The summed E-state index contributed by atoms with van der Waals surface area (Å²) in [6.07, 6.45) is 0.801. The molecule has 2 aromatic rings. The zero-order chi connectivity index (χ0) is 10.1. The third-order valence-corrected chi connectivity index (χ3v) is 2.60. The highest BCUT2D eigenvalue weighted by Gasteiger charge is 2.04. The normalized spacial score (nSPS) is 10.7. The van der Waals surface area contributed by atoms with Crippen molar-refractivity contribution in [2.24, 2.45) is 0 Å². The monoisotopic (exact) mass is 252 g/mol. The van der Waals surface area contributed by atoms with Gasteiger partial charge in [0, 0.05) is 11.8 Å². The van der Waals surface area contributed by atoms with E-state index >= 15 is 0 Å². The van der Waals surface area contributed by atoms with Gasteiger partial charge in [-0.1, -0.05) is 6.92 Å². The molecule has 1 aromatic heterocycles. The zero-order valence-electron chi connectivity index (χ0n) is 7.66. The Labute approximate surface area is 89.9 Å². The number of fused-ring (bicyclic) bond motifs is 1. The van der Waals surface area contributed by atoms with E-state index in [1.54, 1.807) is 18.2 Å². The minimum atomic E-state index is 0.228. The van der Waals surface area contributed by atoms with Crippen LogP contribution in [0.25, 0.3) is 10.9 Å². The molecule has 3 nitrogen and oxygen atoms in total. The first-order valence-corrected chi connectivity index (χ1v) is 5.15. The second kappa shape index (κ2) is 3.53. The third-order valence-electron chi connectivity index (χ3n) is 2.00. The molecule has 0 saturated carbocycles. The van der Waals surface area contributed by atoms with Crippen LogP contribution < -0.4 is 0 Å². The van der Waals surface area contributed by atoms with Crippen molar-refractivity contribution in [2.45, 2.75) is 13.3 Å². The molecular formula is C10H9BrN2O. The summed E-state index contributed by atoms with van der Waals surface area (Å²) in [6, 6.07) is 5.07. The summed E-state index contributed by atoms with van der Waals surface area (Å²) in [7, 11) is 0. The van der Waals surface area contributed by atoms with Crippen molar-refractivity contribution in [1.29, 1.82) is 0 Å². The van der Waals surface area contributed by atoms with Gasteiger partial charge in [-0.3, -0.25) is 0 Å². The maximum absolute atomic E-state index is 9.30. The number of halogens is 1. The van der Waals surface area contributed by atoms with Gasteiger partial charge in [0.25, 0.3) is 0 Å². The minimum absolute atomic E-state index is 0.228. The smallest absolute Gasteiger partial charge is 0.130 e. The molecule has 1 N–H and O–H groups in total. The Balaban J connectivity index is 2.76. The molecule has 0 aliphatic rings. The summed E-state index contributed by atoms with van der Waals surface area (Å²) in [6.45, 7) is 2.01. The summed E-state index contributed by atoms with van der Waals surface area (Å²) >= 11 is 3.36. The number of phenolic OH excluding ortho intramolecular Hbond substituents is 1. The summed E-state index contributed by atoms with van der Waals surface area (Å²) in [5.74, 6) is 1.03. The van der Waals surface area contributed by atoms with Crippen LogP contribution in [0.3, 0.4) is 0 Å². The Morgan fingerprint density at radius 3 is 2.86 bits per heavy atom. The SMILES string of the molecule is CCc1nc(Br)c2cc(O)ccc2n1. The van der Waals surface area contributed by atoms with Crippen LogP contribution in [0.15, 0.2) is 22.8 Å². The van der Waals surface area contributed by atoms with E-state index in [0.29, 0.717) is 0 Å². The highest BCUT2D eigenvalue weighted by atomic mass is 79.9. The fourth-order valence-electron chi connectivity index (χ4n) is 1.28. The quantitative estimate of drug-likeness (QED) is 0.794. The van der Waals surface area contributed by atoms with Crippen molar-refractivity contribution in [1.82, 2.24) is 9.97 Å². The maximum Gasteiger partial charge on any atom is 0.130 e. The molecule has 0 amide bonds. The molecule has 0 spiro atoms. The first-order chi connectivity index (χ1) is 6.70. The van der Waals surface area contributed by atoms with Gasteiger partial charge in [0.1, 0.15) is 16.2 Å². The largest absolute Gasteiger partial charge is 0.508 e. The van der Waals surface area contributed by atoms with Crippen LogP contribution in [0, 0.1) is 0 Å². The number of aromatic hydroxyl groups is 1. The molecule has 0 bridgehead atoms. The first-order valence-electron chi connectivity index (χ1n) is 4.36. The Morgan fingerprint density at radius 2 is 2.14 bits per heavy atom. The lowest BCUT2D eigenvalue weighted by molar-refractivity contribution is 0.476. The van der Waals surface area contributed by atoms with Crippen molar-refractivity contribution in [3.63, 3.8) is 0 Å². The van der Waals surface area contributed by atoms with Gasteiger partial charge < -0.3 is 5.11 Å². The molecule has 0 radical (unpaired) electrons. The molecular weight excluding hydrogens is 244 g/mol. The first kappa shape index (κ1) is 9.40. The van der Waals surface area contributed by atoms with Crippen molar-refractivity contribution < 1.29 is 5.11 Å². The molecule has 4 heteroatoms. The van der Waals surface area contributed by atoms with Crippen LogP contribution in [0.1, 0.15) is 12.7 Å². The zero-order valence-corrected chi connectivity index (χ0v) is 9.24. The van der Waals surface area contributed by atoms with Gasteiger partial charge in [-0.2, -0.15) is 0 Å². The van der Waals surface area contributed by atoms with Crippen molar-refractivity contribution in [2.75, 3.05) is 0 Å². The van der Waals surface area contributed by atoms with Gasteiger partial charge in [-0.25, -0.2) is 9.97 Å². The number of hydrogen-bond acceptors (Lipinski definition) is 3. The Hall–Kier alpha value is -1.16. The van der Waals surface area contributed by atoms with Crippen molar-refractivity contribution in [3.8, 4) is 5.75 Å². The van der Waals surface area contributed by atoms with E-state index in [1.807, 2.05) is 6.92 Å². The molecule has 0 aliphatic carbocycles. The highest BCUT2D eigenvalue weighted by Crippen LogP contribution is 2.24. The summed E-state index contributed by atoms with van der Waals surface area (Å²) in [5.41, 5.74) is 0.849. The number of phenols is 1. The molecule has 0 fully saturated rings. The summed E-state index contributed by atoms with van der Waals surface area (Å²) < 4.78 is 0.732. The fraction of sp³-hybridized carbons (Fsp3) is 0.200. The average molecular weight is 253 g/mol. The van der Waals surface area contributed by atoms with Crippen molar-refractivity contribution in [3.05, 3.63) is 28.6 Å². The molecule has 14 heavy (non-hydrogen) atoms. The average Bonchev–Trinajstić information content (AvgIpc) is 2.19. The second-order valence-corrected chi connectivity index (χ2v) is 3.74. The number of rotatable bonds is 1. The van der Waals surface area contributed by atoms with E-state index < -0.39 is 0 Å². The van der Waals surface area contributed by atoms with E-state index in [1.165, 1.54) is 0 Å². The predicted octanol–water partition coefficient (Wildman–Crippen LogP) is 2.66. The molecule has 72 valence electrons.